The van der Waals surface area contributed by atoms with Crippen LogP contribution in [0, 0.1) is 3.90 Å². The number of carbonyl (C=O) groups excluding carboxylic acids is 2. The van der Waals surface area contributed by atoms with Crippen LogP contribution in [0.15, 0.2) is 75.9 Å². The van der Waals surface area contributed by atoms with Crippen LogP contribution >= 0.6 is 22.6 Å². The lowest BCUT2D eigenvalue weighted by Gasteiger charge is -2.00. The lowest BCUT2D eigenvalue weighted by Crippen LogP contribution is -2.06. The van der Waals surface area contributed by atoms with Crippen molar-refractivity contribution in [1.82, 2.24) is 9.97 Å². The van der Waals surface area contributed by atoms with E-state index in [-0.39, 0.29) is 11.4 Å². The highest BCUT2D eigenvalue weighted by Gasteiger charge is 2.21. The van der Waals surface area contributed by atoms with Crippen LogP contribution in [-0.4, -0.2) is 35.1 Å². The molecule has 0 atom stereocenters. The molecular weight excluding hydrogens is 539 g/mol. The first kappa shape index (κ1) is 24.2. The molecular formula is C24H21IN2O6. The van der Waals surface area contributed by atoms with Crippen molar-refractivity contribution in [3.63, 3.8) is 0 Å². The second kappa shape index (κ2) is 12.0. The third kappa shape index (κ3) is 6.28. The van der Waals surface area contributed by atoms with Crippen molar-refractivity contribution in [3.8, 4) is 22.6 Å². The van der Waals surface area contributed by atoms with Crippen LogP contribution < -0.4 is 0 Å². The Morgan fingerprint density at radius 3 is 1.88 bits per heavy atom. The van der Waals surface area contributed by atoms with Gasteiger partial charge in [-0.25, -0.2) is 14.6 Å². The molecule has 9 heteroatoms. The highest BCUT2D eigenvalue weighted by molar-refractivity contribution is 14.1. The summed E-state index contributed by atoms with van der Waals surface area (Å²) < 4.78 is 20.9. The Balaban J connectivity index is 0.000000186. The van der Waals surface area contributed by atoms with Gasteiger partial charge in [-0.2, -0.15) is 4.98 Å². The average Bonchev–Trinajstić information content (AvgIpc) is 3.48. The quantitative estimate of drug-likeness (QED) is 0.221. The molecule has 0 amide bonds. The zero-order valence-electron chi connectivity index (χ0n) is 18.0. The number of benzene rings is 2. The molecule has 0 fully saturated rings. The molecule has 2 aromatic carbocycles. The first-order chi connectivity index (χ1) is 16.0. The second-order valence-corrected chi connectivity index (χ2v) is 7.27. The molecule has 0 spiro atoms. The molecule has 0 aliphatic rings. The molecule has 0 aliphatic heterocycles. The summed E-state index contributed by atoms with van der Waals surface area (Å²) in [5.41, 5.74) is 2.06. The van der Waals surface area contributed by atoms with E-state index in [0.717, 1.165) is 11.1 Å². The van der Waals surface area contributed by atoms with Gasteiger partial charge in [0.1, 0.15) is 0 Å². The van der Waals surface area contributed by atoms with Crippen LogP contribution in [-0.2, 0) is 9.47 Å². The van der Waals surface area contributed by atoms with Crippen molar-refractivity contribution >= 4 is 34.5 Å². The lowest BCUT2D eigenvalue weighted by molar-refractivity contribution is 0.0511. The molecule has 0 unspecified atom stereocenters. The number of rotatable bonds is 6. The van der Waals surface area contributed by atoms with Crippen molar-refractivity contribution in [2.24, 2.45) is 0 Å². The highest BCUT2D eigenvalue weighted by Crippen LogP contribution is 2.26. The Labute approximate surface area is 204 Å². The molecule has 0 aliphatic carbocycles. The highest BCUT2D eigenvalue weighted by atomic mass is 127. The number of hydrogen-bond donors (Lipinski definition) is 0. The number of hydrogen-bond acceptors (Lipinski definition) is 8. The lowest BCUT2D eigenvalue weighted by atomic mass is 10.1. The van der Waals surface area contributed by atoms with Crippen molar-refractivity contribution in [1.29, 1.82) is 0 Å². The Bertz CT molecular complexity index is 1190. The van der Waals surface area contributed by atoms with Crippen LogP contribution in [0.2, 0.25) is 0 Å². The zero-order chi connectivity index (χ0) is 23.6. The monoisotopic (exact) mass is 560 g/mol. The van der Waals surface area contributed by atoms with E-state index in [1.807, 2.05) is 83.3 Å². The molecule has 0 saturated heterocycles. The van der Waals surface area contributed by atoms with Gasteiger partial charge in [0.2, 0.25) is 0 Å². The van der Waals surface area contributed by atoms with Crippen LogP contribution in [0.1, 0.15) is 34.8 Å². The number of ether oxygens (including phenoxy) is 2. The fourth-order valence-electron chi connectivity index (χ4n) is 2.80. The average molecular weight is 560 g/mol. The summed E-state index contributed by atoms with van der Waals surface area (Å²) in [6.07, 6.45) is 1.24. The summed E-state index contributed by atoms with van der Waals surface area (Å²) in [6.45, 7) is 4.14. The van der Waals surface area contributed by atoms with Gasteiger partial charge in [-0.3, -0.25) is 0 Å². The summed E-state index contributed by atoms with van der Waals surface area (Å²) >= 11 is 1.93. The van der Waals surface area contributed by atoms with Crippen molar-refractivity contribution in [2.75, 3.05) is 13.2 Å². The van der Waals surface area contributed by atoms with Gasteiger partial charge in [0.25, 0.3) is 3.90 Å². The molecule has 8 nitrogen and oxygen atoms in total. The number of carbonyl (C=O) groups is 2. The molecule has 0 radical (unpaired) electrons. The molecule has 2 aromatic heterocycles. The summed E-state index contributed by atoms with van der Waals surface area (Å²) in [7, 11) is 0. The normalized spacial score (nSPS) is 10.2. The molecule has 4 aromatic rings. The van der Waals surface area contributed by atoms with E-state index in [1.165, 1.54) is 6.39 Å². The van der Waals surface area contributed by atoms with Crippen LogP contribution in [0.3, 0.4) is 0 Å². The first-order valence-electron chi connectivity index (χ1n) is 10.1. The van der Waals surface area contributed by atoms with E-state index >= 15 is 0 Å². The molecule has 33 heavy (non-hydrogen) atoms. The summed E-state index contributed by atoms with van der Waals surface area (Å²) in [4.78, 5) is 31.2. The maximum absolute atomic E-state index is 11.7. The van der Waals surface area contributed by atoms with Gasteiger partial charge in [-0.1, -0.05) is 60.7 Å². The van der Waals surface area contributed by atoms with Gasteiger partial charge in [-0.15, -0.1) is 0 Å². The third-order valence-corrected chi connectivity index (χ3v) is 4.64. The number of halogens is 1. The fraction of sp³-hybridized carbons (Fsp3) is 0.167. The Morgan fingerprint density at radius 1 is 0.818 bits per heavy atom. The molecule has 0 N–H and O–H groups in total. The predicted octanol–water partition coefficient (Wildman–Crippen LogP) is 5.64. The zero-order valence-corrected chi connectivity index (χ0v) is 20.1. The fourth-order valence-corrected chi connectivity index (χ4v) is 3.26. The standard InChI is InChI=1S/C12H10INO3.C12H11NO3/c1-2-16-11(15)9-10(17-12(13)14-9)8-6-4-3-5-7-8;1-2-15-12(14)10-11(16-8-13-10)9-6-4-3-5-7-9/h3-7H,2H2,1H3;3-8H,2H2,1H3. The smallest absolute Gasteiger partial charge is 0.361 e. The van der Waals surface area contributed by atoms with Gasteiger partial charge in [-0.05, 0) is 13.8 Å². The Morgan fingerprint density at radius 2 is 1.33 bits per heavy atom. The number of aromatic nitrogens is 2. The number of nitrogens with zero attached hydrogens (tertiary/aromatic N) is 2. The minimum absolute atomic E-state index is 0.216. The topological polar surface area (TPSA) is 105 Å². The van der Waals surface area contributed by atoms with E-state index < -0.39 is 11.9 Å². The Hall–Kier alpha value is -3.47. The Kier molecular flexibility index (Phi) is 8.76. The van der Waals surface area contributed by atoms with Crippen LogP contribution in [0.4, 0.5) is 0 Å². The van der Waals surface area contributed by atoms with Gasteiger partial charge in [0.15, 0.2) is 29.3 Å². The maximum atomic E-state index is 11.7. The van der Waals surface area contributed by atoms with E-state index in [9.17, 15) is 9.59 Å². The van der Waals surface area contributed by atoms with Crippen molar-refractivity contribution in [3.05, 3.63) is 82.3 Å². The van der Waals surface area contributed by atoms with Crippen LogP contribution in [0.5, 0.6) is 0 Å². The van der Waals surface area contributed by atoms with Gasteiger partial charge in [0, 0.05) is 33.7 Å². The van der Waals surface area contributed by atoms with Gasteiger partial charge >= 0.3 is 11.9 Å². The predicted molar refractivity (Wildman–Crippen MR) is 129 cm³/mol. The minimum atomic E-state index is -0.463. The summed E-state index contributed by atoms with van der Waals surface area (Å²) in [5.74, 6) is -0.0272. The summed E-state index contributed by atoms with van der Waals surface area (Å²) in [6, 6.07) is 18.7. The molecule has 170 valence electrons. The van der Waals surface area contributed by atoms with E-state index in [1.54, 1.807) is 13.8 Å². The minimum Gasteiger partial charge on any atom is -0.461 e. The molecule has 0 bridgehead atoms. The van der Waals surface area contributed by atoms with Gasteiger partial charge in [0.05, 0.1) is 13.2 Å². The largest absolute Gasteiger partial charge is 0.461 e. The van der Waals surface area contributed by atoms with E-state index in [2.05, 4.69) is 9.97 Å². The van der Waals surface area contributed by atoms with Crippen molar-refractivity contribution < 1.29 is 27.9 Å². The van der Waals surface area contributed by atoms with E-state index in [4.69, 9.17) is 18.3 Å². The van der Waals surface area contributed by atoms with E-state index in [0.29, 0.717) is 28.6 Å². The first-order valence-corrected chi connectivity index (χ1v) is 11.2. The molecule has 2 heterocycles. The van der Waals surface area contributed by atoms with Crippen LogP contribution in [0.25, 0.3) is 22.6 Å². The SMILES string of the molecule is CCOC(=O)c1nc(I)oc1-c1ccccc1.CCOC(=O)c1ncoc1-c1ccccc1. The summed E-state index contributed by atoms with van der Waals surface area (Å²) in [5, 5.41) is 0. The van der Waals surface area contributed by atoms with Crippen molar-refractivity contribution in [2.45, 2.75) is 13.8 Å². The molecule has 0 saturated carbocycles. The van der Waals surface area contributed by atoms with Gasteiger partial charge < -0.3 is 18.3 Å². The number of esters is 2. The maximum Gasteiger partial charge on any atom is 0.361 e. The second-order valence-electron chi connectivity index (χ2n) is 6.35. The molecule has 4 rings (SSSR count). The number of oxazole rings is 2. The third-order valence-electron chi connectivity index (χ3n) is 4.18.